The van der Waals surface area contributed by atoms with Gasteiger partial charge in [-0.15, -0.1) is 0 Å². The lowest BCUT2D eigenvalue weighted by Crippen LogP contribution is -2.37. The van der Waals surface area contributed by atoms with Crippen molar-refractivity contribution in [2.45, 2.75) is 27.2 Å². The first-order chi connectivity index (χ1) is 9.49. The molecule has 0 fully saturated rings. The fourth-order valence-corrected chi connectivity index (χ4v) is 1.85. The van der Waals surface area contributed by atoms with Crippen molar-refractivity contribution in [3.63, 3.8) is 0 Å². The summed E-state index contributed by atoms with van der Waals surface area (Å²) in [6.07, 6.45) is 0.679. The van der Waals surface area contributed by atoms with Crippen LogP contribution in [-0.2, 0) is 9.53 Å². The van der Waals surface area contributed by atoms with Gasteiger partial charge in [0.2, 0.25) is 0 Å². The first-order valence-electron chi connectivity index (χ1n) is 6.70. The largest absolute Gasteiger partial charge is 0.465 e. The predicted octanol–water partition coefficient (Wildman–Crippen LogP) is 2.55. The molecule has 0 saturated carbocycles. The minimum atomic E-state index is -0.569. The van der Waals surface area contributed by atoms with Crippen LogP contribution in [0.1, 0.15) is 36.2 Å². The molecule has 0 radical (unpaired) electrons. The highest BCUT2D eigenvalue weighted by Gasteiger charge is 2.21. The Balaban J connectivity index is 2.90. The molecular formula is C15H20FNO3. The van der Waals surface area contributed by atoms with Crippen molar-refractivity contribution >= 4 is 11.9 Å². The number of carbonyl (C=O) groups is 2. The monoisotopic (exact) mass is 281 g/mol. The van der Waals surface area contributed by atoms with Gasteiger partial charge in [0, 0.05) is 6.54 Å². The van der Waals surface area contributed by atoms with E-state index in [0.717, 1.165) is 5.56 Å². The molecule has 4 nitrogen and oxygen atoms in total. The van der Waals surface area contributed by atoms with Crippen LogP contribution in [0.4, 0.5) is 4.39 Å². The molecule has 1 aromatic carbocycles. The van der Waals surface area contributed by atoms with Crippen LogP contribution in [0.25, 0.3) is 0 Å². The number of halogens is 1. The van der Waals surface area contributed by atoms with Gasteiger partial charge in [0.25, 0.3) is 5.91 Å². The summed E-state index contributed by atoms with van der Waals surface area (Å²) < 4.78 is 18.7. The van der Waals surface area contributed by atoms with Gasteiger partial charge in [-0.25, -0.2) is 4.39 Å². The molecule has 5 heteroatoms. The zero-order chi connectivity index (χ0) is 15.1. The minimum Gasteiger partial charge on any atom is -0.465 e. The highest BCUT2D eigenvalue weighted by atomic mass is 19.1. The van der Waals surface area contributed by atoms with E-state index < -0.39 is 17.7 Å². The second kappa shape index (κ2) is 7.62. The SMILES string of the molecule is CCCN(CC(=O)OCC)C(=O)c1ccc(C)cc1F. The normalized spacial score (nSPS) is 10.2. The molecule has 0 aromatic heterocycles. The van der Waals surface area contributed by atoms with Gasteiger partial charge in [0.15, 0.2) is 0 Å². The summed E-state index contributed by atoms with van der Waals surface area (Å²) in [7, 11) is 0. The smallest absolute Gasteiger partial charge is 0.325 e. The topological polar surface area (TPSA) is 46.6 Å². The number of benzene rings is 1. The van der Waals surface area contributed by atoms with Crippen molar-refractivity contribution in [3.8, 4) is 0 Å². The Morgan fingerprint density at radius 1 is 1.30 bits per heavy atom. The van der Waals surface area contributed by atoms with E-state index >= 15 is 0 Å². The number of carbonyl (C=O) groups excluding carboxylic acids is 2. The Morgan fingerprint density at radius 2 is 2.00 bits per heavy atom. The summed E-state index contributed by atoms with van der Waals surface area (Å²) in [5, 5.41) is 0. The number of amides is 1. The number of rotatable bonds is 6. The zero-order valence-electron chi connectivity index (χ0n) is 12.1. The molecule has 1 rings (SSSR count). The number of aryl methyl sites for hydroxylation is 1. The summed E-state index contributed by atoms with van der Waals surface area (Å²) in [6, 6.07) is 4.42. The number of ether oxygens (including phenoxy) is 1. The van der Waals surface area contributed by atoms with Gasteiger partial charge in [-0.05, 0) is 38.0 Å². The van der Waals surface area contributed by atoms with Crippen LogP contribution in [0.15, 0.2) is 18.2 Å². The van der Waals surface area contributed by atoms with E-state index in [4.69, 9.17) is 4.74 Å². The van der Waals surface area contributed by atoms with Crippen molar-refractivity contribution in [2.24, 2.45) is 0 Å². The van der Waals surface area contributed by atoms with Crippen LogP contribution in [0.5, 0.6) is 0 Å². The van der Waals surface area contributed by atoms with Crippen molar-refractivity contribution in [2.75, 3.05) is 19.7 Å². The van der Waals surface area contributed by atoms with Crippen molar-refractivity contribution in [1.82, 2.24) is 4.90 Å². The van der Waals surface area contributed by atoms with Crippen LogP contribution in [-0.4, -0.2) is 36.5 Å². The van der Waals surface area contributed by atoms with Crippen molar-refractivity contribution in [3.05, 3.63) is 35.1 Å². The maximum atomic E-state index is 13.8. The van der Waals surface area contributed by atoms with Gasteiger partial charge in [0.1, 0.15) is 12.4 Å². The van der Waals surface area contributed by atoms with Gasteiger partial charge in [-0.1, -0.05) is 13.0 Å². The van der Waals surface area contributed by atoms with Crippen molar-refractivity contribution < 1.29 is 18.7 Å². The van der Waals surface area contributed by atoms with Crippen LogP contribution < -0.4 is 0 Å². The lowest BCUT2D eigenvalue weighted by atomic mass is 10.1. The predicted molar refractivity (Wildman–Crippen MR) is 74.0 cm³/mol. The van der Waals surface area contributed by atoms with Gasteiger partial charge in [-0.2, -0.15) is 0 Å². The van der Waals surface area contributed by atoms with E-state index in [-0.39, 0.29) is 18.7 Å². The highest BCUT2D eigenvalue weighted by Crippen LogP contribution is 2.13. The van der Waals surface area contributed by atoms with Gasteiger partial charge < -0.3 is 9.64 Å². The molecule has 0 spiro atoms. The van der Waals surface area contributed by atoms with E-state index in [1.807, 2.05) is 6.92 Å². The molecule has 1 aromatic rings. The molecule has 20 heavy (non-hydrogen) atoms. The Bertz CT molecular complexity index is 488. The average molecular weight is 281 g/mol. The minimum absolute atomic E-state index is 0.0200. The van der Waals surface area contributed by atoms with E-state index in [0.29, 0.717) is 13.0 Å². The lowest BCUT2D eigenvalue weighted by molar-refractivity contribution is -0.143. The molecule has 0 saturated heterocycles. The number of hydrogen-bond donors (Lipinski definition) is 0. The summed E-state index contributed by atoms with van der Waals surface area (Å²) in [5.74, 6) is -1.54. The third-order valence-corrected chi connectivity index (χ3v) is 2.76. The van der Waals surface area contributed by atoms with E-state index in [2.05, 4.69) is 0 Å². The van der Waals surface area contributed by atoms with E-state index in [9.17, 15) is 14.0 Å². The lowest BCUT2D eigenvalue weighted by Gasteiger charge is -2.21. The quantitative estimate of drug-likeness (QED) is 0.753. The third-order valence-electron chi connectivity index (χ3n) is 2.76. The van der Waals surface area contributed by atoms with Crippen LogP contribution in [0.3, 0.4) is 0 Å². The fraction of sp³-hybridized carbons (Fsp3) is 0.467. The van der Waals surface area contributed by atoms with Gasteiger partial charge in [-0.3, -0.25) is 9.59 Å². The Morgan fingerprint density at radius 3 is 2.55 bits per heavy atom. The zero-order valence-corrected chi connectivity index (χ0v) is 12.1. The molecule has 0 aliphatic heterocycles. The standard InChI is InChI=1S/C15H20FNO3/c1-4-8-17(10-14(18)20-5-2)15(19)12-7-6-11(3)9-13(12)16/h6-7,9H,4-5,8,10H2,1-3H3. The number of esters is 1. The molecule has 110 valence electrons. The summed E-state index contributed by atoms with van der Waals surface area (Å²) in [4.78, 5) is 25.1. The van der Waals surface area contributed by atoms with Crippen LogP contribution in [0, 0.1) is 12.7 Å². The first kappa shape index (κ1) is 16.1. The van der Waals surface area contributed by atoms with Crippen LogP contribution in [0.2, 0.25) is 0 Å². The molecule has 0 aliphatic carbocycles. The third kappa shape index (κ3) is 4.33. The summed E-state index contributed by atoms with van der Waals surface area (Å²) in [6.45, 7) is 5.81. The first-order valence-corrected chi connectivity index (χ1v) is 6.70. The molecule has 1 amide bonds. The summed E-state index contributed by atoms with van der Waals surface area (Å²) in [5.41, 5.74) is 0.722. The molecule has 0 N–H and O–H groups in total. The van der Waals surface area contributed by atoms with Crippen LogP contribution >= 0.6 is 0 Å². The second-order valence-electron chi connectivity index (χ2n) is 4.52. The maximum Gasteiger partial charge on any atom is 0.325 e. The van der Waals surface area contributed by atoms with Gasteiger partial charge in [0.05, 0.1) is 12.2 Å². The second-order valence-corrected chi connectivity index (χ2v) is 4.52. The number of nitrogens with zero attached hydrogens (tertiary/aromatic N) is 1. The molecule has 0 bridgehead atoms. The Kier molecular flexibility index (Phi) is 6.15. The maximum absolute atomic E-state index is 13.8. The fourth-order valence-electron chi connectivity index (χ4n) is 1.85. The number of hydrogen-bond acceptors (Lipinski definition) is 3. The van der Waals surface area contributed by atoms with E-state index in [1.165, 1.54) is 17.0 Å². The average Bonchev–Trinajstić information content (AvgIpc) is 2.38. The Hall–Kier alpha value is -1.91. The summed E-state index contributed by atoms with van der Waals surface area (Å²) >= 11 is 0. The van der Waals surface area contributed by atoms with Gasteiger partial charge >= 0.3 is 5.97 Å². The van der Waals surface area contributed by atoms with Crippen molar-refractivity contribution in [1.29, 1.82) is 0 Å². The molecule has 0 aliphatic rings. The van der Waals surface area contributed by atoms with E-state index in [1.54, 1.807) is 19.9 Å². The highest BCUT2D eigenvalue weighted by molar-refractivity contribution is 5.96. The Labute approximate surface area is 118 Å². The molecule has 0 heterocycles. The molecule has 0 atom stereocenters. The molecular weight excluding hydrogens is 261 g/mol. The molecule has 0 unspecified atom stereocenters.